The highest BCUT2D eigenvalue weighted by Gasteiger charge is 2.35. The van der Waals surface area contributed by atoms with E-state index in [1.807, 2.05) is 42.2 Å². The molecule has 170 valence electrons. The molecule has 0 saturated heterocycles. The van der Waals surface area contributed by atoms with E-state index in [9.17, 15) is 9.59 Å². The predicted molar refractivity (Wildman–Crippen MR) is 125 cm³/mol. The van der Waals surface area contributed by atoms with Crippen molar-refractivity contribution in [3.05, 3.63) is 54.9 Å². The van der Waals surface area contributed by atoms with Gasteiger partial charge in [0.05, 0.1) is 36.8 Å². The molecule has 0 bridgehead atoms. The molecule has 3 aromatic rings. The Labute approximate surface area is 192 Å². The molecule has 0 spiro atoms. The Morgan fingerprint density at radius 1 is 1.03 bits per heavy atom. The minimum absolute atomic E-state index is 0.0705. The van der Waals surface area contributed by atoms with Crippen LogP contribution in [0.5, 0.6) is 11.5 Å². The number of anilines is 2. The zero-order valence-electron chi connectivity index (χ0n) is 18.9. The largest absolute Gasteiger partial charge is 0.497 e. The Hall–Kier alpha value is -3.81. The molecule has 2 amide bonds. The molecule has 33 heavy (non-hydrogen) atoms. The van der Waals surface area contributed by atoms with Gasteiger partial charge in [0.25, 0.3) is 0 Å². The highest BCUT2D eigenvalue weighted by Crippen LogP contribution is 2.40. The fourth-order valence-corrected chi connectivity index (χ4v) is 4.30. The molecule has 1 unspecified atom stereocenters. The number of ether oxygens (including phenoxy) is 2. The van der Waals surface area contributed by atoms with E-state index in [0.717, 1.165) is 24.0 Å². The summed E-state index contributed by atoms with van der Waals surface area (Å²) in [6, 6.07) is 13.0. The summed E-state index contributed by atoms with van der Waals surface area (Å²) < 4.78 is 12.9. The number of aromatic nitrogens is 2. The van der Waals surface area contributed by atoms with Gasteiger partial charge in [-0.2, -0.15) is 5.10 Å². The summed E-state index contributed by atoms with van der Waals surface area (Å²) in [5, 5.41) is 4.48. The van der Waals surface area contributed by atoms with Gasteiger partial charge in [-0.05, 0) is 49.6 Å². The summed E-state index contributed by atoms with van der Waals surface area (Å²) >= 11 is 0. The van der Waals surface area contributed by atoms with Crippen molar-refractivity contribution < 1.29 is 19.1 Å². The molecule has 0 N–H and O–H groups in total. The highest BCUT2D eigenvalue weighted by molar-refractivity contribution is 6.03. The second-order valence-corrected chi connectivity index (χ2v) is 8.54. The van der Waals surface area contributed by atoms with E-state index in [1.54, 1.807) is 41.2 Å². The van der Waals surface area contributed by atoms with Crippen molar-refractivity contribution in [2.24, 2.45) is 0 Å². The van der Waals surface area contributed by atoms with Crippen molar-refractivity contribution in [1.29, 1.82) is 0 Å². The van der Waals surface area contributed by atoms with Gasteiger partial charge in [-0.25, -0.2) is 4.79 Å². The Morgan fingerprint density at radius 3 is 2.55 bits per heavy atom. The van der Waals surface area contributed by atoms with Gasteiger partial charge in [-0.15, -0.1) is 0 Å². The lowest BCUT2D eigenvalue weighted by Gasteiger charge is -2.40. The fraction of sp³-hybridized carbons (Fsp3) is 0.320. The average Bonchev–Trinajstić information content (AvgIpc) is 3.54. The third-order valence-electron chi connectivity index (χ3n) is 6.08. The van der Waals surface area contributed by atoms with Crippen molar-refractivity contribution in [2.45, 2.75) is 38.8 Å². The number of hydrogen-bond donors (Lipinski definition) is 0. The van der Waals surface area contributed by atoms with Crippen LogP contribution in [-0.4, -0.2) is 41.5 Å². The molecule has 1 aromatic heterocycles. The van der Waals surface area contributed by atoms with Crippen LogP contribution < -0.4 is 19.3 Å². The van der Waals surface area contributed by atoms with Crippen LogP contribution in [0.1, 0.15) is 32.7 Å². The van der Waals surface area contributed by atoms with Crippen LogP contribution in [0, 0.1) is 0 Å². The first kappa shape index (κ1) is 21.1. The second kappa shape index (κ2) is 8.27. The lowest BCUT2D eigenvalue weighted by atomic mass is 10.0. The van der Waals surface area contributed by atoms with Gasteiger partial charge in [0, 0.05) is 31.3 Å². The van der Waals surface area contributed by atoms with Gasteiger partial charge in [-0.1, -0.05) is 12.1 Å². The first-order chi connectivity index (χ1) is 15.9. The van der Waals surface area contributed by atoms with E-state index in [2.05, 4.69) is 5.10 Å². The summed E-state index contributed by atoms with van der Waals surface area (Å²) in [7, 11) is 1.56. The maximum atomic E-state index is 13.2. The predicted octanol–water partition coefficient (Wildman–Crippen LogP) is 4.65. The number of carbonyl (C=O) groups excluding carboxylic acids is 2. The van der Waals surface area contributed by atoms with Gasteiger partial charge in [0.2, 0.25) is 5.91 Å². The van der Waals surface area contributed by atoms with E-state index < -0.39 is 6.09 Å². The van der Waals surface area contributed by atoms with Crippen molar-refractivity contribution in [2.75, 3.05) is 23.5 Å². The second-order valence-electron chi connectivity index (χ2n) is 8.54. The van der Waals surface area contributed by atoms with Crippen LogP contribution in [-0.2, 0) is 4.79 Å². The van der Waals surface area contributed by atoms with Crippen molar-refractivity contribution >= 4 is 23.4 Å². The third kappa shape index (κ3) is 4.04. The number of benzene rings is 2. The topological polar surface area (TPSA) is 76.9 Å². The number of fused-ring (bicyclic) bond motifs is 1. The normalized spacial score (nSPS) is 17.5. The summed E-state index contributed by atoms with van der Waals surface area (Å²) in [4.78, 5) is 29.0. The number of carbonyl (C=O) groups is 2. The van der Waals surface area contributed by atoms with Crippen molar-refractivity contribution in [3.8, 4) is 22.6 Å². The van der Waals surface area contributed by atoms with Gasteiger partial charge >= 0.3 is 6.09 Å². The molecule has 2 aromatic carbocycles. The Bertz CT molecular complexity index is 1220. The Balaban J connectivity index is 1.51. The molecule has 0 radical (unpaired) electrons. The zero-order chi connectivity index (χ0) is 23.1. The number of nitrogens with zero attached hydrogens (tertiary/aromatic N) is 4. The van der Waals surface area contributed by atoms with Crippen LogP contribution in [0.3, 0.4) is 0 Å². The Kier molecular flexibility index (Phi) is 5.28. The van der Waals surface area contributed by atoms with Crippen LogP contribution in [0.25, 0.3) is 11.1 Å². The van der Waals surface area contributed by atoms with E-state index in [-0.39, 0.29) is 11.9 Å². The molecule has 1 aliphatic carbocycles. The molecule has 2 aliphatic rings. The van der Waals surface area contributed by atoms with Crippen LogP contribution in [0.2, 0.25) is 0 Å². The monoisotopic (exact) mass is 446 g/mol. The van der Waals surface area contributed by atoms with Gasteiger partial charge < -0.3 is 14.4 Å². The lowest BCUT2D eigenvalue weighted by molar-refractivity contribution is -0.117. The smallest absolute Gasteiger partial charge is 0.419 e. The molecule has 1 fully saturated rings. The minimum atomic E-state index is -0.509. The van der Waals surface area contributed by atoms with E-state index in [4.69, 9.17) is 9.47 Å². The first-order valence-corrected chi connectivity index (χ1v) is 11.1. The highest BCUT2D eigenvalue weighted by atomic mass is 16.6. The van der Waals surface area contributed by atoms with Gasteiger partial charge in [0.1, 0.15) is 11.5 Å². The number of methoxy groups -OCH3 is 1. The summed E-state index contributed by atoms with van der Waals surface area (Å²) in [5.41, 5.74) is 3.21. The molecule has 1 aliphatic heterocycles. The molecule has 8 nitrogen and oxygen atoms in total. The lowest BCUT2D eigenvalue weighted by Crippen LogP contribution is -2.52. The Morgan fingerprint density at radius 2 is 1.82 bits per heavy atom. The SMILES string of the molecule is COc1cccc(OC(=O)N2CC(C)N(C(C)=O)c3ccc(-c4cnn(C5CC5)c4)cc32)c1. The molecule has 1 saturated carbocycles. The van der Waals surface area contributed by atoms with Crippen LogP contribution >= 0.6 is 0 Å². The van der Waals surface area contributed by atoms with Crippen LogP contribution in [0.15, 0.2) is 54.9 Å². The number of rotatable bonds is 4. The maximum absolute atomic E-state index is 13.2. The minimum Gasteiger partial charge on any atom is -0.497 e. The molecule has 8 heteroatoms. The third-order valence-corrected chi connectivity index (χ3v) is 6.08. The van der Waals surface area contributed by atoms with Crippen molar-refractivity contribution in [1.82, 2.24) is 9.78 Å². The molecule has 2 heterocycles. The summed E-state index contributed by atoms with van der Waals surface area (Å²) in [5.74, 6) is 0.925. The van der Waals surface area contributed by atoms with Crippen molar-refractivity contribution in [3.63, 3.8) is 0 Å². The average molecular weight is 447 g/mol. The zero-order valence-corrected chi connectivity index (χ0v) is 18.9. The molecular weight excluding hydrogens is 420 g/mol. The van der Waals surface area contributed by atoms with E-state index in [0.29, 0.717) is 35.5 Å². The summed E-state index contributed by atoms with van der Waals surface area (Å²) in [6.45, 7) is 3.78. The molecular formula is C25H26N4O4. The molecule has 5 rings (SSSR count). The maximum Gasteiger partial charge on any atom is 0.419 e. The number of hydrogen-bond acceptors (Lipinski definition) is 5. The van der Waals surface area contributed by atoms with E-state index in [1.165, 1.54) is 6.92 Å². The standard InChI is InChI=1S/C25H26N4O4/c1-16-14-27(25(31)33-22-6-4-5-21(12-22)32-3)24-11-18(7-10-23(24)29(16)17(2)30)19-13-26-28(15-19)20-8-9-20/h4-7,10-13,15-16,20H,8-9,14H2,1-3H3. The van der Waals surface area contributed by atoms with Gasteiger partial charge in [0.15, 0.2) is 0 Å². The quantitative estimate of drug-likeness (QED) is 0.583. The summed E-state index contributed by atoms with van der Waals surface area (Å²) in [6.07, 6.45) is 5.67. The first-order valence-electron chi connectivity index (χ1n) is 11.1. The number of amides is 2. The fourth-order valence-electron chi connectivity index (χ4n) is 4.30. The van der Waals surface area contributed by atoms with Gasteiger partial charge in [-0.3, -0.25) is 14.4 Å². The van der Waals surface area contributed by atoms with Crippen LogP contribution in [0.4, 0.5) is 16.2 Å². The van der Waals surface area contributed by atoms with E-state index >= 15 is 0 Å². The molecule has 1 atom stereocenters.